The van der Waals surface area contributed by atoms with Gasteiger partial charge in [0.25, 0.3) is 0 Å². The molecule has 1 fully saturated rings. The summed E-state index contributed by atoms with van der Waals surface area (Å²) in [7, 11) is 1.68. The molecule has 3 rings (SSSR count). The van der Waals surface area contributed by atoms with Gasteiger partial charge in [0.2, 0.25) is 0 Å². The smallest absolute Gasteiger partial charge is 0.164 e. The van der Waals surface area contributed by atoms with Crippen molar-refractivity contribution in [2.75, 3.05) is 26.7 Å². The van der Waals surface area contributed by atoms with Crippen LogP contribution in [0.2, 0.25) is 0 Å². The molecular formula is C24H33NO3. The van der Waals surface area contributed by atoms with Crippen molar-refractivity contribution in [3.8, 4) is 11.5 Å². The lowest BCUT2D eigenvalue weighted by Crippen LogP contribution is -2.44. The topological polar surface area (TPSA) is 41.9 Å². The van der Waals surface area contributed by atoms with Crippen molar-refractivity contribution in [3.05, 3.63) is 59.2 Å². The first-order chi connectivity index (χ1) is 13.6. The molecule has 1 saturated heterocycles. The van der Waals surface area contributed by atoms with Crippen LogP contribution in [0.1, 0.15) is 36.5 Å². The average molecular weight is 384 g/mol. The summed E-state index contributed by atoms with van der Waals surface area (Å²) in [5.74, 6) is 1.76. The highest BCUT2D eigenvalue weighted by atomic mass is 16.5. The van der Waals surface area contributed by atoms with Crippen molar-refractivity contribution in [3.63, 3.8) is 0 Å². The summed E-state index contributed by atoms with van der Waals surface area (Å²) in [5, 5.41) is 10.6. The van der Waals surface area contributed by atoms with E-state index in [1.54, 1.807) is 7.11 Å². The molecule has 1 aliphatic rings. The van der Waals surface area contributed by atoms with Gasteiger partial charge in [0.05, 0.1) is 13.2 Å². The van der Waals surface area contributed by atoms with Crippen molar-refractivity contribution < 1.29 is 14.6 Å². The Morgan fingerprint density at radius 3 is 2.75 bits per heavy atom. The molecule has 4 nitrogen and oxygen atoms in total. The Bertz CT molecular complexity index is 761. The second-order valence-electron chi connectivity index (χ2n) is 7.85. The Morgan fingerprint density at radius 2 is 2.00 bits per heavy atom. The molecule has 28 heavy (non-hydrogen) atoms. The van der Waals surface area contributed by atoms with E-state index in [1.807, 2.05) is 12.1 Å². The second-order valence-corrected chi connectivity index (χ2v) is 7.85. The van der Waals surface area contributed by atoms with Crippen molar-refractivity contribution in [2.45, 2.75) is 45.8 Å². The van der Waals surface area contributed by atoms with E-state index in [1.165, 1.54) is 5.56 Å². The lowest BCUT2D eigenvalue weighted by molar-refractivity contribution is 0.0267. The Morgan fingerprint density at radius 1 is 1.18 bits per heavy atom. The highest BCUT2D eigenvalue weighted by Crippen LogP contribution is 2.35. The molecule has 0 amide bonds. The lowest BCUT2D eigenvalue weighted by atomic mass is 9.88. The molecule has 0 spiro atoms. The fourth-order valence-electron chi connectivity index (χ4n) is 4.10. The third-order valence-corrected chi connectivity index (χ3v) is 5.55. The number of rotatable bonds is 8. The van der Waals surface area contributed by atoms with Gasteiger partial charge in [-0.15, -0.1) is 0 Å². The maximum atomic E-state index is 10.6. The second kappa shape index (κ2) is 9.94. The van der Waals surface area contributed by atoms with Gasteiger partial charge in [0.1, 0.15) is 6.61 Å². The van der Waals surface area contributed by atoms with Crippen molar-refractivity contribution >= 4 is 0 Å². The monoisotopic (exact) mass is 383 g/mol. The highest BCUT2D eigenvalue weighted by Gasteiger charge is 2.28. The molecule has 2 unspecified atom stereocenters. The number of likely N-dealkylation sites (tertiary alicyclic amines) is 1. The van der Waals surface area contributed by atoms with E-state index in [-0.39, 0.29) is 12.0 Å². The minimum Gasteiger partial charge on any atom is -0.493 e. The summed E-state index contributed by atoms with van der Waals surface area (Å²) in [6, 6.07) is 14.4. The largest absolute Gasteiger partial charge is 0.493 e. The van der Waals surface area contributed by atoms with Gasteiger partial charge >= 0.3 is 0 Å². The molecule has 2 atom stereocenters. The molecule has 1 aliphatic heterocycles. The van der Waals surface area contributed by atoms with Crippen LogP contribution in [-0.2, 0) is 13.0 Å². The fraction of sp³-hybridized carbons (Fsp3) is 0.500. The Hall–Kier alpha value is -2.04. The van der Waals surface area contributed by atoms with Crippen LogP contribution in [0, 0.1) is 12.8 Å². The Balaban J connectivity index is 1.76. The third kappa shape index (κ3) is 5.27. The maximum absolute atomic E-state index is 10.6. The van der Waals surface area contributed by atoms with Crippen LogP contribution >= 0.6 is 0 Å². The molecule has 0 radical (unpaired) electrons. The number of methoxy groups -OCH3 is 1. The van der Waals surface area contributed by atoms with Crippen LogP contribution < -0.4 is 9.47 Å². The minimum atomic E-state index is -0.260. The van der Waals surface area contributed by atoms with Crippen LogP contribution in [0.15, 0.2) is 42.5 Å². The van der Waals surface area contributed by atoms with E-state index in [2.05, 4.69) is 49.1 Å². The number of piperidine rings is 1. The zero-order valence-electron chi connectivity index (χ0n) is 17.4. The molecule has 4 heteroatoms. The molecule has 1 N–H and O–H groups in total. The lowest BCUT2D eigenvalue weighted by Gasteiger charge is -2.36. The first-order valence-electron chi connectivity index (χ1n) is 10.3. The number of benzene rings is 2. The van der Waals surface area contributed by atoms with Crippen LogP contribution in [0.25, 0.3) is 0 Å². The van der Waals surface area contributed by atoms with Gasteiger partial charge in [-0.1, -0.05) is 48.9 Å². The minimum absolute atomic E-state index is 0.216. The number of aliphatic hydroxyl groups is 1. The molecule has 1 heterocycles. The van der Waals surface area contributed by atoms with Crippen LogP contribution in [-0.4, -0.2) is 42.9 Å². The SMILES string of the molecule is CCCN1CCC(O)C(Cc2cccc(OC)c2OCc2cccc(C)c2)C1. The van der Waals surface area contributed by atoms with Gasteiger partial charge in [-0.05, 0) is 49.9 Å². The predicted molar refractivity (Wildman–Crippen MR) is 113 cm³/mol. The van der Waals surface area contributed by atoms with E-state index in [9.17, 15) is 5.11 Å². The average Bonchev–Trinajstić information content (AvgIpc) is 2.69. The summed E-state index contributed by atoms with van der Waals surface area (Å²) >= 11 is 0. The highest BCUT2D eigenvalue weighted by molar-refractivity contribution is 5.47. The normalized spacial score (nSPS) is 20.1. The summed E-state index contributed by atoms with van der Waals surface area (Å²) in [6.45, 7) is 7.82. The van der Waals surface area contributed by atoms with E-state index in [0.29, 0.717) is 6.61 Å². The van der Waals surface area contributed by atoms with Crippen LogP contribution in [0.3, 0.4) is 0 Å². The number of aryl methyl sites for hydroxylation is 1. The summed E-state index contributed by atoms with van der Waals surface area (Å²) in [4.78, 5) is 2.46. The van der Waals surface area contributed by atoms with Crippen molar-refractivity contribution in [1.82, 2.24) is 4.90 Å². The van der Waals surface area contributed by atoms with E-state index in [0.717, 1.165) is 61.5 Å². The predicted octanol–water partition coefficient (Wildman–Crippen LogP) is 4.22. The molecule has 2 aromatic carbocycles. The Kier molecular flexibility index (Phi) is 7.35. The summed E-state index contributed by atoms with van der Waals surface area (Å²) in [6.07, 6.45) is 2.52. The zero-order valence-corrected chi connectivity index (χ0v) is 17.4. The van der Waals surface area contributed by atoms with E-state index >= 15 is 0 Å². The van der Waals surface area contributed by atoms with Crippen molar-refractivity contribution in [2.24, 2.45) is 5.92 Å². The molecule has 0 saturated carbocycles. The summed E-state index contributed by atoms with van der Waals surface area (Å²) < 4.78 is 11.8. The van der Waals surface area contributed by atoms with Gasteiger partial charge in [-0.2, -0.15) is 0 Å². The van der Waals surface area contributed by atoms with Crippen LogP contribution in [0.4, 0.5) is 0 Å². The zero-order chi connectivity index (χ0) is 19.9. The molecule has 0 bridgehead atoms. The first kappa shape index (κ1) is 20.7. The molecule has 0 aromatic heterocycles. The molecule has 152 valence electrons. The first-order valence-corrected chi connectivity index (χ1v) is 10.3. The van der Waals surface area contributed by atoms with Gasteiger partial charge in [0.15, 0.2) is 11.5 Å². The molecular weight excluding hydrogens is 350 g/mol. The maximum Gasteiger partial charge on any atom is 0.164 e. The number of aliphatic hydroxyl groups excluding tert-OH is 1. The Labute approximate surface area is 169 Å². The summed E-state index contributed by atoms with van der Waals surface area (Å²) in [5.41, 5.74) is 3.47. The van der Waals surface area contributed by atoms with Gasteiger partial charge in [-0.25, -0.2) is 0 Å². The number of hydrogen-bond donors (Lipinski definition) is 1. The van der Waals surface area contributed by atoms with E-state index < -0.39 is 0 Å². The van der Waals surface area contributed by atoms with E-state index in [4.69, 9.17) is 9.47 Å². The van der Waals surface area contributed by atoms with Crippen LogP contribution in [0.5, 0.6) is 11.5 Å². The standard InChI is InChI=1S/C24H33NO3/c1-4-12-25-13-11-22(26)21(16-25)15-20-9-6-10-23(27-3)24(20)28-17-19-8-5-7-18(2)14-19/h5-10,14,21-22,26H,4,11-13,15-17H2,1-3H3. The van der Waals surface area contributed by atoms with Gasteiger partial charge in [0, 0.05) is 19.0 Å². The fourth-order valence-corrected chi connectivity index (χ4v) is 4.10. The molecule has 0 aliphatic carbocycles. The number of nitrogens with zero attached hydrogens (tertiary/aromatic N) is 1. The third-order valence-electron chi connectivity index (χ3n) is 5.55. The molecule has 2 aromatic rings. The van der Waals surface area contributed by atoms with Gasteiger partial charge in [-0.3, -0.25) is 0 Å². The quantitative estimate of drug-likeness (QED) is 0.741. The van der Waals surface area contributed by atoms with Gasteiger partial charge < -0.3 is 19.5 Å². The number of hydrogen-bond acceptors (Lipinski definition) is 4. The van der Waals surface area contributed by atoms with Crippen molar-refractivity contribution in [1.29, 1.82) is 0 Å². The number of para-hydroxylation sites is 1. The number of ether oxygens (including phenoxy) is 2.